The molecule has 190 valence electrons. The van der Waals surface area contributed by atoms with Gasteiger partial charge >= 0.3 is 0 Å². The van der Waals surface area contributed by atoms with E-state index in [0.717, 1.165) is 59.6 Å². The van der Waals surface area contributed by atoms with Crippen LogP contribution in [0.25, 0.3) is 22.0 Å². The topological polar surface area (TPSA) is 76.6 Å². The number of fused-ring (bicyclic) bond motifs is 2. The number of benzene rings is 2. The second kappa shape index (κ2) is 9.17. The Balaban J connectivity index is 1.41. The fourth-order valence-corrected chi connectivity index (χ4v) is 5.43. The summed E-state index contributed by atoms with van der Waals surface area (Å²) in [5.74, 6) is -0.351. The Hall–Kier alpha value is -3.95. The lowest BCUT2D eigenvalue weighted by Crippen LogP contribution is -2.47. The average molecular weight is 501 g/mol. The van der Waals surface area contributed by atoms with Crippen molar-refractivity contribution in [3.8, 4) is 11.1 Å². The van der Waals surface area contributed by atoms with Gasteiger partial charge < -0.3 is 24.7 Å². The van der Waals surface area contributed by atoms with Crippen molar-refractivity contribution < 1.29 is 9.18 Å². The van der Waals surface area contributed by atoms with Crippen LogP contribution in [0.2, 0.25) is 0 Å². The van der Waals surface area contributed by atoms with Crippen LogP contribution in [0.4, 0.5) is 21.5 Å². The summed E-state index contributed by atoms with van der Waals surface area (Å²) in [5.41, 5.74) is 5.69. The fourth-order valence-electron chi connectivity index (χ4n) is 5.43. The fraction of sp³-hybridized carbons (Fsp3) is 0.286. The number of hydrogen-bond acceptors (Lipinski definition) is 5. The van der Waals surface area contributed by atoms with Crippen molar-refractivity contribution in [1.29, 1.82) is 0 Å². The SMILES string of the molecule is CN1CCN(CC(=O)Nc2ccc3c(c2)-c2cn(C)c4c(=O)[nH]cc(c24)CN3c2ccc(F)cc2)CC1. The molecule has 1 saturated heterocycles. The molecular formula is C28H29FN6O2. The number of H-pyrrole nitrogens is 1. The van der Waals surface area contributed by atoms with Gasteiger partial charge in [-0.3, -0.25) is 14.5 Å². The smallest absolute Gasteiger partial charge is 0.272 e. The van der Waals surface area contributed by atoms with E-state index in [9.17, 15) is 14.0 Å². The van der Waals surface area contributed by atoms with E-state index in [1.54, 1.807) is 18.3 Å². The lowest BCUT2D eigenvalue weighted by atomic mass is 10.0. The van der Waals surface area contributed by atoms with Crippen LogP contribution >= 0.6 is 0 Å². The van der Waals surface area contributed by atoms with Crippen molar-refractivity contribution in [2.24, 2.45) is 7.05 Å². The molecule has 0 aliphatic carbocycles. The highest BCUT2D eigenvalue weighted by atomic mass is 19.1. The Morgan fingerprint density at radius 3 is 2.54 bits per heavy atom. The van der Waals surface area contributed by atoms with Gasteiger partial charge in [-0.2, -0.15) is 0 Å². The molecule has 0 bridgehead atoms. The molecule has 1 amide bonds. The van der Waals surface area contributed by atoms with E-state index in [-0.39, 0.29) is 17.3 Å². The number of carbonyl (C=O) groups is 1. The number of aromatic amines is 1. The first-order chi connectivity index (χ1) is 17.9. The van der Waals surface area contributed by atoms with Crippen LogP contribution in [0.5, 0.6) is 0 Å². The minimum Gasteiger partial charge on any atom is -0.345 e. The van der Waals surface area contributed by atoms with Crippen molar-refractivity contribution in [3.63, 3.8) is 0 Å². The molecule has 2 aromatic heterocycles. The zero-order chi connectivity index (χ0) is 25.7. The van der Waals surface area contributed by atoms with Gasteiger partial charge in [-0.1, -0.05) is 0 Å². The zero-order valence-corrected chi connectivity index (χ0v) is 20.9. The minimum atomic E-state index is -0.299. The van der Waals surface area contributed by atoms with Crippen molar-refractivity contribution in [1.82, 2.24) is 19.4 Å². The zero-order valence-electron chi connectivity index (χ0n) is 20.9. The van der Waals surface area contributed by atoms with Gasteiger partial charge in [-0.25, -0.2) is 4.39 Å². The number of nitrogens with one attached hydrogen (secondary N) is 2. The number of likely N-dealkylation sites (N-methyl/N-ethyl adjacent to an activating group) is 1. The summed E-state index contributed by atoms with van der Waals surface area (Å²) in [6, 6.07) is 12.3. The van der Waals surface area contributed by atoms with E-state index in [1.165, 1.54) is 12.1 Å². The van der Waals surface area contributed by atoms with Crippen LogP contribution in [0.15, 0.2) is 59.7 Å². The molecule has 0 saturated carbocycles. The van der Waals surface area contributed by atoms with Gasteiger partial charge in [0.05, 0.1) is 13.1 Å². The van der Waals surface area contributed by atoms with Crippen molar-refractivity contribution in [3.05, 3.63) is 76.6 Å². The van der Waals surface area contributed by atoms with Crippen molar-refractivity contribution >= 4 is 33.9 Å². The van der Waals surface area contributed by atoms with Gasteiger partial charge in [-0.15, -0.1) is 0 Å². The molecule has 2 aromatic carbocycles. The maximum atomic E-state index is 13.7. The summed E-state index contributed by atoms with van der Waals surface area (Å²) >= 11 is 0. The van der Waals surface area contributed by atoms with E-state index in [0.29, 0.717) is 24.3 Å². The molecule has 9 heteroatoms. The molecule has 2 aliphatic rings. The van der Waals surface area contributed by atoms with Gasteiger partial charge in [0.15, 0.2) is 0 Å². The first-order valence-corrected chi connectivity index (χ1v) is 12.5. The number of hydrogen-bond donors (Lipinski definition) is 2. The standard InChI is InChI=1S/C28H29FN6O2/c1-32-9-11-34(12-10-32)17-25(36)31-20-5-8-24-22(13-20)23-16-33(2)27-26(23)18(14-30-28(27)37)15-35(24)21-6-3-19(29)4-7-21/h3-8,13-14,16H,9-12,15,17H2,1-2H3,(H,30,37)(H,31,36). The number of aromatic nitrogens is 2. The van der Waals surface area contributed by atoms with Crippen LogP contribution in [0.1, 0.15) is 5.56 Å². The third kappa shape index (κ3) is 4.30. The van der Waals surface area contributed by atoms with Crippen molar-refractivity contribution in [2.75, 3.05) is 50.0 Å². The largest absolute Gasteiger partial charge is 0.345 e. The summed E-state index contributed by atoms with van der Waals surface area (Å²) in [7, 11) is 3.96. The normalized spacial score (nSPS) is 16.0. The number of aryl methyl sites for hydroxylation is 1. The quantitative estimate of drug-likeness (QED) is 0.449. The number of carbonyl (C=O) groups excluding carboxylic acids is 1. The molecule has 1 fully saturated rings. The second-order valence-electron chi connectivity index (χ2n) is 9.94. The number of piperazine rings is 1. The van der Waals surface area contributed by atoms with Gasteiger partial charge in [-0.05, 0) is 55.1 Å². The van der Waals surface area contributed by atoms with E-state index >= 15 is 0 Å². The Bertz CT molecular complexity index is 1550. The summed E-state index contributed by atoms with van der Waals surface area (Å²) in [6.07, 6.45) is 3.72. The summed E-state index contributed by atoms with van der Waals surface area (Å²) in [6.45, 7) is 4.49. The number of anilines is 3. The second-order valence-corrected chi connectivity index (χ2v) is 9.94. The third-order valence-electron chi connectivity index (χ3n) is 7.39. The monoisotopic (exact) mass is 500 g/mol. The van der Waals surface area contributed by atoms with Gasteiger partial charge in [0.1, 0.15) is 11.3 Å². The van der Waals surface area contributed by atoms with E-state index in [4.69, 9.17) is 0 Å². The van der Waals surface area contributed by atoms with Crippen LogP contribution in [0.3, 0.4) is 0 Å². The van der Waals surface area contributed by atoms with Gasteiger partial charge in [0, 0.05) is 79.2 Å². The van der Waals surface area contributed by atoms with E-state index in [2.05, 4.69) is 32.0 Å². The van der Waals surface area contributed by atoms with Crippen LogP contribution in [0, 0.1) is 5.82 Å². The number of pyridine rings is 1. The lowest BCUT2D eigenvalue weighted by Gasteiger charge is -2.31. The number of rotatable bonds is 4. The predicted octanol–water partition coefficient (Wildman–Crippen LogP) is 3.51. The molecule has 4 heterocycles. The Kier molecular flexibility index (Phi) is 5.81. The number of halogens is 1. The number of nitrogens with zero attached hydrogens (tertiary/aromatic N) is 4. The summed E-state index contributed by atoms with van der Waals surface area (Å²) < 4.78 is 15.6. The summed E-state index contributed by atoms with van der Waals surface area (Å²) in [4.78, 5) is 35.0. The molecule has 0 unspecified atom stereocenters. The van der Waals surface area contributed by atoms with Gasteiger partial charge in [0.2, 0.25) is 5.91 Å². The molecule has 2 N–H and O–H groups in total. The molecule has 8 nitrogen and oxygen atoms in total. The molecular weight excluding hydrogens is 471 g/mol. The average Bonchev–Trinajstić information content (AvgIpc) is 3.17. The Morgan fingerprint density at radius 1 is 1.03 bits per heavy atom. The Morgan fingerprint density at radius 2 is 1.78 bits per heavy atom. The van der Waals surface area contributed by atoms with Crippen LogP contribution < -0.4 is 15.8 Å². The van der Waals surface area contributed by atoms with Crippen molar-refractivity contribution in [2.45, 2.75) is 6.54 Å². The molecule has 37 heavy (non-hydrogen) atoms. The number of amides is 1. The van der Waals surface area contributed by atoms with E-state index in [1.807, 2.05) is 36.0 Å². The highest BCUT2D eigenvalue weighted by Crippen LogP contribution is 2.44. The Labute approximate surface area is 213 Å². The lowest BCUT2D eigenvalue weighted by molar-refractivity contribution is -0.117. The molecule has 0 spiro atoms. The maximum Gasteiger partial charge on any atom is 0.272 e. The molecule has 0 radical (unpaired) electrons. The van der Waals surface area contributed by atoms with Crippen LogP contribution in [-0.2, 0) is 18.4 Å². The molecule has 4 aromatic rings. The molecule has 2 aliphatic heterocycles. The third-order valence-corrected chi connectivity index (χ3v) is 7.39. The first kappa shape index (κ1) is 23.4. The highest BCUT2D eigenvalue weighted by molar-refractivity contribution is 6.04. The predicted molar refractivity (Wildman–Crippen MR) is 144 cm³/mol. The minimum absolute atomic E-state index is 0.0523. The van der Waals surface area contributed by atoms with Gasteiger partial charge in [0.25, 0.3) is 5.56 Å². The molecule has 0 atom stereocenters. The maximum absolute atomic E-state index is 13.7. The highest BCUT2D eigenvalue weighted by Gasteiger charge is 2.26. The first-order valence-electron chi connectivity index (χ1n) is 12.5. The summed E-state index contributed by atoms with van der Waals surface area (Å²) in [5, 5.41) is 3.96. The molecule has 6 rings (SSSR count). The van der Waals surface area contributed by atoms with E-state index < -0.39 is 0 Å². The van der Waals surface area contributed by atoms with Crippen LogP contribution in [-0.4, -0.2) is 65.0 Å².